The van der Waals surface area contributed by atoms with Gasteiger partial charge in [-0.2, -0.15) is 0 Å². The van der Waals surface area contributed by atoms with Crippen LogP contribution in [0.2, 0.25) is 5.15 Å². The first-order valence-electron chi connectivity index (χ1n) is 11.7. The minimum Gasteiger partial charge on any atom is -0.396 e. The van der Waals surface area contributed by atoms with Crippen LogP contribution >= 0.6 is 11.6 Å². The van der Waals surface area contributed by atoms with Gasteiger partial charge in [-0.25, -0.2) is 9.37 Å². The monoisotopic (exact) mass is 463 g/mol. The number of primary amides is 1. The number of benzene rings is 1. The molecular weight excluding hydrogens is 429 g/mol. The summed E-state index contributed by atoms with van der Waals surface area (Å²) in [5.74, 6) is 3.61. The molecule has 32 heavy (non-hydrogen) atoms. The molecule has 3 aliphatic rings. The molecule has 0 saturated heterocycles. The highest BCUT2D eigenvalue weighted by Gasteiger charge is 2.30. The van der Waals surface area contributed by atoms with Crippen molar-refractivity contribution < 1.29 is 14.3 Å². The number of carbonyl (C=O) groups excluding carboxylic acids is 1. The minimum atomic E-state index is -0.153. The lowest BCUT2D eigenvalue weighted by atomic mass is 9.78. The smallest absolute Gasteiger partial charge is 0.204 e. The predicted molar refractivity (Wildman–Crippen MR) is 125 cm³/mol. The van der Waals surface area contributed by atoms with Crippen molar-refractivity contribution in [2.75, 3.05) is 6.61 Å². The van der Waals surface area contributed by atoms with Crippen LogP contribution in [-0.4, -0.2) is 27.7 Å². The molecule has 5 nitrogen and oxygen atoms in total. The number of hydrogen-bond acceptors (Lipinski definition) is 3. The number of halogens is 2. The summed E-state index contributed by atoms with van der Waals surface area (Å²) in [5, 5.41) is 8.88. The fourth-order valence-corrected chi connectivity index (χ4v) is 4.53. The molecular formula is C25H35ClFN3O2. The Kier molecular flexibility index (Phi) is 9.11. The van der Waals surface area contributed by atoms with Crippen molar-refractivity contribution >= 4 is 18.0 Å². The Bertz CT molecular complexity index is 855. The lowest BCUT2D eigenvalue weighted by Crippen LogP contribution is -2.17. The third kappa shape index (κ3) is 7.04. The Morgan fingerprint density at radius 1 is 1.06 bits per heavy atom. The Balaban J connectivity index is 0.000000308. The molecule has 2 aromatic rings. The summed E-state index contributed by atoms with van der Waals surface area (Å²) in [6, 6.07) is 7.03. The van der Waals surface area contributed by atoms with E-state index in [1.165, 1.54) is 37.1 Å². The van der Waals surface area contributed by atoms with E-state index in [0.29, 0.717) is 29.5 Å². The van der Waals surface area contributed by atoms with Gasteiger partial charge in [0.05, 0.1) is 5.69 Å². The zero-order valence-corrected chi connectivity index (χ0v) is 19.6. The van der Waals surface area contributed by atoms with E-state index in [-0.39, 0.29) is 12.2 Å². The second kappa shape index (κ2) is 11.8. The van der Waals surface area contributed by atoms with E-state index in [4.69, 9.17) is 26.5 Å². The van der Waals surface area contributed by atoms with E-state index in [1.807, 2.05) is 12.1 Å². The number of carbonyl (C=O) groups is 1. The van der Waals surface area contributed by atoms with E-state index < -0.39 is 0 Å². The molecule has 3 N–H and O–H groups in total. The maximum atomic E-state index is 13.1. The van der Waals surface area contributed by atoms with E-state index in [9.17, 15) is 4.39 Å². The molecule has 1 heterocycles. The SMILES string of the molecule is Cc1c(Cl)nc(C2CCC(c3ccc(F)cc3)CC2)n1CC1CC1.NC=O.OCC1CC1. The highest BCUT2D eigenvalue weighted by molar-refractivity contribution is 6.30. The average Bonchev–Trinajstić information content (AvgIpc) is 3.72. The van der Waals surface area contributed by atoms with Crippen LogP contribution in [-0.2, 0) is 11.3 Å². The van der Waals surface area contributed by atoms with Crippen molar-refractivity contribution in [2.24, 2.45) is 17.6 Å². The molecule has 0 bridgehead atoms. The normalized spacial score (nSPS) is 22.2. The topological polar surface area (TPSA) is 81.1 Å². The molecule has 1 aromatic carbocycles. The van der Waals surface area contributed by atoms with Gasteiger partial charge in [0.2, 0.25) is 6.41 Å². The Hall–Kier alpha value is -1.92. The molecule has 0 aliphatic heterocycles. The van der Waals surface area contributed by atoms with Gasteiger partial charge in [0.1, 0.15) is 16.8 Å². The minimum absolute atomic E-state index is 0.153. The van der Waals surface area contributed by atoms with Crippen LogP contribution in [0.4, 0.5) is 4.39 Å². The number of nitrogens with two attached hydrogens (primary N) is 1. The van der Waals surface area contributed by atoms with Crippen LogP contribution in [0.5, 0.6) is 0 Å². The van der Waals surface area contributed by atoms with Crippen molar-refractivity contribution in [3.63, 3.8) is 0 Å². The largest absolute Gasteiger partial charge is 0.396 e. The fourth-order valence-electron chi connectivity index (χ4n) is 4.35. The summed E-state index contributed by atoms with van der Waals surface area (Å²) in [6.07, 6.45) is 10.0. The number of aromatic nitrogens is 2. The van der Waals surface area contributed by atoms with Crippen LogP contribution in [0.25, 0.3) is 0 Å². The third-order valence-corrected chi connectivity index (χ3v) is 7.08. The first kappa shape index (κ1) is 24.7. The molecule has 3 aliphatic carbocycles. The average molecular weight is 464 g/mol. The van der Waals surface area contributed by atoms with Gasteiger partial charge in [0, 0.05) is 19.1 Å². The van der Waals surface area contributed by atoms with Gasteiger partial charge in [-0.15, -0.1) is 0 Å². The summed E-state index contributed by atoms with van der Waals surface area (Å²) in [6.45, 7) is 3.59. The number of hydrogen-bond donors (Lipinski definition) is 2. The van der Waals surface area contributed by atoms with Gasteiger partial charge in [0.15, 0.2) is 0 Å². The quantitative estimate of drug-likeness (QED) is 0.588. The highest BCUT2D eigenvalue weighted by atomic mass is 35.5. The maximum absolute atomic E-state index is 13.1. The number of amides is 1. The summed E-state index contributed by atoms with van der Waals surface area (Å²) in [5.41, 5.74) is 6.56. The van der Waals surface area contributed by atoms with Gasteiger partial charge in [-0.05, 0) is 93.7 Å². The first-order chi connectivity index (χ1) is 15.5. The molecule has 3 fully saturated rings. The van der Waals surface area contributed by atoms with Gasteiger partial charge < -0.3 is 15.4 Å². The molecule has 3 saturated carbocycles. The van der Waals surface area contributed by atoms with Crippen molar-refractivity contribution in [3.8, 4) is 0 Å². The van der Waals surface area contributed by atoms with Crippen molar-refractivity contribution in [2.45, 2.75) is 76.7 Å². The van der Waals surface area contributed by atoms with Crippen molar-refractivity contribution in [1.29, 1.82) is 0 Å². The van der Waals surface area contributed by atoms with E-state index in [1.54, 1.807) is 12.1 Å². The van der Waals surface area contributed by atoms with Gasteiger partial charge in [0.25, 0.3) is 0 Å². The highest BCUT2D eigenvalue weighted by Crippen LogP contribution is 2.42. The van der Waals surface area contributed by atoms with Gasteiger partial charge >= 0.3 is 0 Å². The number of imidazole rings is 1. The standard InChI is InChI=1S/C20H24ClFN2.C4H8O.CH3NO/c1-13-19(21)23-20(24(13)12-14-2-3-14)17-6-4-15(5-7-17)16-8-10-18(22)11-9-16;5-3-4-1-2-4;2-1-3/h8-11,14-15,17H,2-7,12H2,1H3;4-5H,1-3H2;1H,(H2,2,3). The Morgan fingerprint density at radius 2 is 1.59 bits per heavy atom. The molecule has 0 radical (unpaired) electrons. The summed E-state index contributed by atoms with van der Waals surface area (Å²) < 4.78 is 15.5. The van der Waals surface area contributed by atoms with Crippen molar-refractivity contribution in [3.05, 3.63) is 52.3 Å². The molecule has 1 aromatic heterocycles. The second-order valence-corrected chi connectivity index (χ2v) is 9.62. The first-order valence-corrected chi connectivity index (χ1v) is 12.1. The fraction of sp³-hybridized carbons (Fsp3) is 0.600. The van der Waals surface area contributed by atoms with Crippen LogP contribution in [0, 0.1) is 24.6 Å². The lowest BCUT2D eigenvalue weighted by molar-refractivity contribution is -0.106. The molecule has 1 amide bonds. The van der Waals surface area contributed by atoms with Crippen molar-refractivity contribution in [1.82, 2.24) is 9.55 Å². The zero-order chi connectivity index (χ0) is 23.1. The van der Waals surface area contributed by atoms with E-state index in [0.717, 1.165) is 43.8 Å². The molecule has 5 rings (SSSR count). The lowest BCUT2D eigenvalue weighted by Gasteiger charge is -2.29. The van der Waals surface area contributed by atoms with Crippen LogP contribution < -0.4 is 5.73 Å². The number of aliphatic hydroxyl groups is 1. The van der Waals surface area contributed by atoms with E-state index >= 15 is 0 Å². The molecule has 0 unspecified atom stereocenters. The Labute approximate surface area is 195 Å². The molecule has 176 valence electrons. The van der Waals surface area contributed by atoms with Crippen LogP contribution in [0.3, 0.4) is 0 Å². The molecule has 7 heteroatoms. The summed E-state index contributed by atoms with van der Waals surface area (Å²) >= 11 is 6.33. The van der Waals surface area contributed by atoms with Gasteiger partial charge in [-0.1, -0.05) is 23.7 Å². The molecule has 0 spiro atoms. The molecule has 0 atom stereocenters. The maximum Gasteiger partial charge on any atom is 0.204 e. The number of nitrogens with zero attached hydrogens (tertiary/aromatic N) is 2. The zero-order valence-electron chi connectivity index (χ0n) is 18.9. The Morgan fingerprint density at radius 3 is 2.06 bits per heavy atom. The third-order valence-electron chi connectivity index (χ3n) is 6.72. The number of aliphatic hydroxyl groups excluding tert-OH is 1. The van der Waals surface area contributed by atoms with Gasteiger partial charge in [-0.3, -0.25) is 4.79 Å². The van der Waals surface area contributed by atoms with Crippen LogP contribution in [0.1, 0.15) is 80.3 Å². The number of rotatable bonds is 5. The van der Waals surface area contributed by atoms with E-state index in [2.05, 4.69) is 17.2 Å². The van der Waals surface area contributed by atoms with Crippen LogP contribution in [0.15, 0.2) is 24.3 Å². The summed E-state index contributed by atoms with van der Waals surface area (Å²) in [7, 11) is 0. The second-order valence-electron chi connectivity index (χ2n) is 9.26. The predicted octanol–water partition coefficient (Wildman–Crippen LogP) is 5.33. The summed E-state index contributed by atoms with van der Waals surface area (Å²) in [4.78, 5) is 13.3.